The van der Waals surface area contributed by atoms with Crippen molar-refractivity contribution in [1.29, 1.82) is 0 Å². The molecule has 0 N–H and O–H groups in total. The van der Waals surface area contributed by atoms with Crippen LogP contribution < -0.4 is 0 Å². The maximum absolute atomic E-state index is 15.5. The summed E-state index contributed by atoms with van der Waals surface area (Å²) in [6, 6.07) is 12.3. The standard InChI is InChI=1S/C32H43FN4O2S/c1-5-25-17-26(16-21(2)37(25)20-22-6-7-22)36-14-12-23(13-15-36)28-18-30-31(19-29(28)33)35(3)32(34-30)24-8-10-27(11-9-24)40(4,38)39/h8-11,18-19,21-23,25-26H,5-7,12-17,20H2,1-4H3. The van der Waals surface area contributed by atoms with E-state index in [0.29, 0.717) is 23.9 Å². The normalized spacial score (nSPS) is 25.6. The molecule has 3 unspecified atom stereocenters. The fraction of sp³-hybridized carbons (Fsp3) is 0.594. The Morgan fingerprint density at radius 1 is 1.02 bits per heavy atom. The van der Waals surface area contributed by atoms with Crippen LogP contribution in [0.2, 0.25) is 0 Å². The van der Waals surface area contributed by atoms with Crippen molar-refractivity contribution in [2.45, 2.75) is 87.7 Å². The number of likely N-dealkylation sites (tertiary alicyclic amines) is 2. The number of benzene rings is 2. The number of hydrogen-bond acceptors (Lipinski definition) is 5. The van der Waals surface area contributed by atoms with Gasteiger partial charge < -0.3 is 9.47 Å². The number of sulfone groups is 1. The van der Waals surface area contributed by atoms with Gasteiger partial charge in [0, 0.05) is 49.6 Å². The summed E-state index contributed by atoms with van der Waals surface area (Å²) < 4.78 is 41.1. The van der Waals surface area contributed by atoms with E-state index in [0.717, 1.165) is 54.0 Å². The highest BCUT2D eigenvalue weighted by Crippen LogP contribution is 2.38. The van der Waals surface area contributed by atoms with Crippen LogP contribution in [-0.4, -0.2) is 71.8 Å². The lowest BCUT2D eigenvalue weighted by atomic mass is 9.85. The monoisotopic (exact) mass is 566 g/mol. The van der Waals surface area contributed by atoms with Gasteiger partial charge in [-0.25, -0.2) is 17.8 Å². The first kappa shape index (κ1) is 27.9. The molecule has 0 spiro atoms. The number of aromatic nitrogens is 2. The summed E-state index contributed by atoms with van der Waals surface area (Å²) in [5.41, 5.74) is 3.12. The average molecular weight is 567 g/mol. The van der Waals surface area contributed by atoms with Crippen molar-refractivity contribution in [3.8, 4) is 11.4 Å². The summed E-state index contributed by atoms with van der Waals surface area (Å²) in [7, 11) is -1.38. The van der Waals surface area contributed by atoms with Gasteiger partial charge in [0.05, 0.1) is 15.9 Å². The van der Waals surface area contributed by atoms with Crippen molar-refractivity contribution in [3.63, 3.8) is 0 Å². The summed E-state index contributed by atoms with van der Waals surface area (Å²) in [6.45, 7) is 8.11. The van der Waals surface area contributed by atoms with Crippen molar-refractivity contribution in [1.82, 2.24) is 19.4 Å². The second-order valence-corrected chi connectivity index (χ2v) is 14.7. The summed E-state index contributed by atoms with van der Waals surface area (Å²) in [6.07, 6.45) is 9.71. The molecule has 216 valence electrons. The molecule has 1 aliphatic carbocycles. The van der Waals surface area contributed by atoms with E-state index in [4.69, 9.17) is 4.98 Å². The first-order valence-corrected chi connectivity index (χ1v) is 17.0. The van der Waals surface area contributed by atoms with Crippen LogP contribution >= 0.6 is 0 Å². The highest BCUT2D eigenvalue weighted by atomic mass is 32.2. The summed E-state index contributed by atoms with van der Waals surface area (Å²) >= 11 is 0. The van der Waals surface area contributed by atoms with Crippen molar-refractivity contribution in [3.05, 3.63) is 47.8 Å². The van der Waals surface area contributed by atoms with Crippen LogP contribution in [0.3, 0.4) is 0 Å². The zero-order valence-corrected chi connectivity index (χ0v) is 25.1. The van der Waals surface area contributed by atoms with Crippen molar-refractivity contribution in [2.75, 3.05) is 25.9 Å². The van der Waals surface area contributed by atoms with Crippen molar-refractivity contribution < 1.29 is 12.8 Å². The van der Waals surface area contributed by atoms with Gasteiger partial charge in [-0.15, -0.1) is 0 Å². The maximum atomic E-state index is 15.5. The molecule has 3 atom stereocenters. The molecule has 3 aliphatic rings. The molecule has 2 saturated heterocycles. The quantitative estimate of drug-likeness (QED) is 0.351. The van der Waals surface area contributed by atoms with E-state index in [1.54, 1.807) is 30.3 Å². The zero-order chi connectivity index (χ0) is 28.2. The minimum atomic E-state index is -3.27. The molecule has 40 heavy (non-hydrogen) atoms. The Morgan fingerprint density at radius 3 is 2.35 bits per heavy atom. The minimum Gasteiger partial charge on any atom is -0.327 e. The molecule has 1 saturated carbocycles. The Labute approximate surface area is 238 Å². The number of hydrogen-bond donors (Lipinski definition) is 0. The lowest BCUT2D eigenvalue weighted by Gasteiger charge is -2.48. The number of nitrogens with zero attached hydrogens (tertiary/aromatic N) is 4. The highest BCUT2D eigenvalue weighted by Gasteiger charge is 2.38. The molecule has 6 nitrogen and oxygen atoms in total. The van der Waals surface area contributed by atoms with Gasteiger partial charge in [0.1, 0.15) is 11.6 Å². The molecule has 3 fully saturated rings. The molecule has 0 radical (unpaired) electrons. The third kappa shape index (κ3) is 5.47. The average Bonchev–Trinajstić information content (AvgIpc) is 3.71. The lowest BCUT2D eigenvalue weighted by molar-refractivity contribution is 0.0148. The first-order valence-electron chi connectivity index (χ1n) is 15.1. The molecule has 6 rings (SSSR count). The van der Waals surface area contributed by atoms with Crippen molar-refractivity contribution >= 4 is 20.9 Å². The second-order valence-electron chi connectivity index (χ2n) is 12.6. The lowest BCUT2D eigenvalue weighted by Crippen LogP contribution is -2.55. The van der Waals surface area contributed by atoms with Gasteiger partial charge in [0.15, 0.2) is 9.84 Å². The Kier molecular flexibility index (Phi) is 7.55. The molecule has 2 aromatic carbocycles. The molecule has 1 aromatic heterocycles. The smallest absolute Gasteiger partial charge is 0.175 e. The van der Waals surface area contributed by atoms with Crippen LogP contribution in [0.5, 0.6) is 0 Å². The Morgan fingerprint density at radius 2 is 1.73 bits per heavy atom. The Bertz CT molecular complexity index is 1470. The molecule has 2 aliphatic heterocycles. The molecule has 0 amide bonds. The number of aryl methyl sites for hydroxylation is 1. The predicted octanol–water partition coefficient (Wildman–Crippen LogP) is 6.00. The Balaban J connectivity index is 1.16. The van der Waals surface area contributed by atoms with Gasteiger partial charge in [-0.1, -0.05) is 6.92 Å². The van der Waals surface area contributed by atoms with Gasteiger partial charge in [0.2, 0.25) is 0 Å². The number of rotatable bonds is 7. The van der Waals surface area contributed by atoms with E-state index >= 15 is 4.39 Å². The topological polar surface area (TPSA) is 58.4 Å². The van der Waals surface area contributed by atoms with Crippen LogP contribution in [0.25, 0.3) is 22.4 Å². The van der Waals surface area contributed by atoms with Crippen molar-refractivity contribution in [2.24, 2.45) is 13.0 Å². The molecule has 3 aromatic rings. The number of imidazole rings is 1. The summed E-state index contributed by atoms with van der Waals surface area (Å²) in [5.74, 6) is 1.69. The molecule has 8 heteroatoms. The molecule has 3 heterocycles. The molecule has 0 bridgehead atoms. The number of piperidine rings is 2. The van der Waals surface area contributed by atoms with Crippen LogP contribution in [-0.2, 0) is 16.9 Å². The van der Waals surface area contributed by atoms with Crippen LogP contribution in [0.1, 0.15) is 70.3 Å². The Hall–Kier alpha value is -2.29. The number of halogens is 1. The van der Waals surface area contributed by atoms with Gasteiger partial charge in [-0.2, -0.15) is 0 Å². The summed E-state index contributed by atoms with van der Waals surface area (Å²) in [4.78, 5) is 10.6. The van der Waals surface area contributed by atoms with E-state index in [1.807, 2.05) is 17.7 Å². The van der Waals surface area contributed by atoms with Crippen LogP contribution in [0.15, 0.2) is 41.3 Å². The van der Waals surface area contributed by atoms with E-state index in [9.17, 15) is 8.42 Å². The number of fused-ring (bicyclic) bond motifs is 1. The first-order chi connectivity index (χ1) is 19.1. The minimum absolute atomic E-state index is 0.152. The van der Waals surface area contributed by atoms with E-state index in [1.165, 1.54) is 44.9 Å². The molecular weight excluding hydrogens is 523 g/mol. The van der Waals surface area contributed by atoms with Gasteiger partial charge in [0.25, 0.3) is 0 Å². The maximum Gasteiger partial charge on any atom is 0.175 e. The predicted molar refractivity (Wildman–Crippen MR) is 159 cm³/mol. The molecular formula is C32H43FN4O2S. The van der Waals surface area contributed by atoms with E-state index in [2.05, 4.69) is 23.6 Å². The van der Waals surface area contributed by atoms with Gasteiger partial charge in [-0.05, 0) is 113 Å². The highest BCUT2D eigenvalue weighted by molar-refractivity contribution is 7.90. The van der Waals surface area contributed by atoms with Gasteiger partial charge in [-0.3, -0.25) is 4.90 Å². The fourth-order valence-electron chi connectivity index (χ4n) is 7.29. The SMILES string of the molecule is CCC1CC(N2CCC(c3cc4nc(-c5ccc(S(C)(=O)=O)cc5)n(C)c4cc3F)CC2)CC(C)N1CC1CC1. The third-order valence-corrected chi connectivity index (χ3v) is 11.0. The van der Waals surface area contributed by atoms with E-state index in [-0.39, 0.29) is 16.6 Å². The summed E-state index contributed by atoms with van der Waals surface area (Å²) in [5, 5.41) is 0. The fourth-order valence-corrected chi connectivity index (χ4v) is 7.92. The van der Waals surface area contributed by atoms with Crippen LogP contribution in [0, 0.1) is 11.7 Å². The van der Waals surface area contributed by atoms with E-state index < -0.39 is 9.84 Å². The van der Waals surface area contributed by atoms with Gasteiger partial charge >= 0.3 is 0 Å². The second kappa shape index (κ2) is 10.8. The third-order valence-electron chi connectivity index (χ3n) is 9.86. The largest absolute Gasteiger partial charge is 0.327 e. The zero-order valence-electron chi connectivity index (χ0n) is 24.3. The van der Waals surface area contributed by atoms with Crippen LogP contribution in [0.4, 0.5) is 4.39 Å².